The molecule has 1 saturated carbocycles. The lowest BCUT2D eigenvalue weighted by atomic mass is 9.72. The van der Waals surface area contributed by atoms with Gasteiger partial charge in [-0.25, -0.2) is 18.7 Å². The molecule has 1 saturated heterocycles. The number of halogens is 3. The van der Waals surface area contributed by atoms with E-state index >= 15 is 8.78 Å². The first-order chi connectivity index (χ1) is 21.0. The lowest BCUT2D eigenvalue weighted by Gasteiger charge is -2.45. The zero-order valence-corrected chi connectivity index (χ0v) is 24.7. The van der Waals surface area contributed by atoms with Gasteiger partial charge in [-0.15, -0.1) is 0 Å². The Morgan fingerprint density at radius 2 is 1.86 bits per heavy atom. The Hall–Kier alpha value is -3.53. The monoisotopic (exact) mass is 624 g/mol. The van der Waals surface area contributed by atoms with Crippen molar-refractivity contribution in [3.63, 3.8) is 0 Å². The van der Waals surface area contributed by atoms with Crippen LogP contribution in [-0.4, -0.2) is 62.1 Å². The van der Waals surface area contributed by atoms with Crippen molar-refractivity contribution < 1.29 is 33.3 Å². The largest absolute Gasteiger partial charge is 0.393 e. The Bertz CT molecular complexity index is 1610. The number of aliphatic hydroxyl groups is 2. The normalized spacial score (nSPS) is 25.6. The van der Waals surface area contributed by atoms with Crippen LogP contribution in [0.5, 0.6) is 0 Å². The van der Waals surface area contributed by atoms with Gasteiger partial charge in [0.15, 0.2) is 0 Å². The van der Waals surface area contributed by atoms with Crippen LogP contribution < -0.4 is 0 Å². The second-order valence-electron chi connectivity index (χ2n) is 11.6. The summed E-state index contributed by atoms with van der Waals surface area (Å²) < 4.78 is 45.1. The molecule has 0 bridgehead atoms. The summed E-state index contributed by atoms with van der Waals surface area (Å²) in [5.74, 6) is -1.36. The fourth-order valence-electron chi connectivity index (χ4n) is 6.53. The number of carbonyl (C=O) groups excluding carboxylic acids is 1. The number of benzene rings is 2. The van der Waals surface area contributed by atoms with Crippen molar-refractivity contribution in [3.8, 4) is 6.07 Å². The molecule has 0 spiro atoms. The SMILES string of the molecule is CC[C@](O)(c1cc(F)c2c(c1)C(=O)N(Cc1ncc(C#N)cn1)[C@@]2(O[C@H]1C[C@@H](O)C1)c1ccc(Cl)cc1)C1(F)CCOCC1. The van der Waals surface area contributed by atoms with E-state index in [1.165, 1.54) is 23.4 Å². The molecule has 0 unspecified atom stereocenters. The van der Waals surface area contributed by atoms with Crippen molar-refractivity contribution in [2.24, 2.45) is 0 Å². The number of nitriles is 1. The Morgan fingerprint density at radius 3 is 2.45 bits per heavy atom. The molecule has 12 heteroatoms. The van der Waals surface area contributed by atoms with E-state index in [4.69, 9.17) is 21.1 Å². The van der Waals surface area contributed by atoms with E-state index < -0.39 is 40.9 Å². The molecule has 2 aliphatic heterocycles. The van der Waals surface area contributed by atoms with Crippen molar-refractivity contribution >= 4 is 17.5 Å². The molecule has 0 radical (unpaired) electrons. The van der Waals surface area contributed by atoms with Crippen molar-refractivity contribution in [3.05, 3.63) is 93.3 Å². The number of alkyl halides is 1. The third kappa shape index (κ3) is 4.86. The number of aromatic nitrogens is 2. The summed E-state index contributed by atoms with van der Waals surface area (Å²) in [6.07, 6.45) is 1.77. The summed E-state index contributed by atoms with van der Waals surface area (Å²) in [7, 11) is 0. The van der Waals surface area contributed by atoms with Crippen LogP contribution in [0.2, 0.25) is 5.02 Å². The smallest absolute Gasteiger partial charge is 0.257 e. The summed E-state index contributed by atoms with van der Waals surface area (Å²) >= 11 is 6.21. The minimum atomic E-state index is -2.11. The van der Waals surface area contributed by atoms with Gasteiger partial charge in [-0.3, -0.25) is 9.69 Å². The van der Waals surface area contributed by atoms with E-state index in [0.29, 0.717) is 10.6 Å². The summed E-state index contributed by atoms with van der Waals surface area (Å²) in [5.41, 5.74) is -5.73. The predicted molar refractivity (Wildman–Crippen MR) is 153 cm³/mol. The maximum Gasteiger partial charge on any atom is 0.257 e. The summed E-state index contributed by atoms with van der Waals surface area (Å²) in [5, 5.41) is 31.5. The second-order valence-corrected chi connectivity index (χ2v) is 12.0. The van der Waals surface area contributed by atoms with Gasteiger partial charge in [-0.2, -0.15) is 5.26 Å². The van der Waals surface area contributed by atoms with Gasteiger partial charge in [0, 0.05) is 49.0 Å². The van der Waals surface area contributed by atoms with Crippen LogP contribution >= 0.6 is 11.6 Å². The van der Waals surface area contributed by atoms with Crippen LogP contribution in [0, 0.1) is 17.1 Å². The Balaban J connectivity index is 1.55. The number of hydrogen-bond donors (Lipinski definition) is 2. The first-order valence-corrected chi connectivity index (χ1v) is 14.9. The molecule has 2 atom stereocenters. The van der Waals surface area contributed by atoms with E-state index in [1.807, 2.05) is 6.07 Å². The van der Waals surface area contributed by atoms with Crippen LogP contribution in [0.1, 0.15) is 77.5 Å². The Morgan fingerprint density at radius 1 is 1.20 bits per heavy atom. The van der Waals surface area contributed by atoms with E-state index in [1.54, 1.807) is 31.2 Å². The van der Waals surface area contributed by atoms with E-state index in [0.717, 1.165) is 6.07 Å². The number of fused-ring (bicyclic) bond motifs is 1. The van der Waals surface area contributed by atoms with Crippen molar-refractivity contribution in [1.29, 1.82) is 5.26 Å². The highest BCUT2D eigenvalue weighted by molar-refractivity contribution is 6.30. The number of nitrogens with zero attached hydrogens (tertiary/aromatic N) is 4. The zero-order valence-electron chi connectivity index (χ0n) is 24.0. The van der Waals surface area contributed by atoms with Gasteiger partial charge in [0.05, 0.1) is 35.4 Å². The molecule has 1 aromatic heterocycles. The van der Waals surface area contributed by atoms with Crippen LogP contribution in [0.4, 0.5) is 8.78 Å². The molecule has 3 heterocycles. The average Bonchev–Trinajstić information content (AvgIpc) is 3.24. The molecule has 1 aliphatic carbocycles. The van der Waals surface area contributed by atoms with E-state index in [2.05, 4.69) is 9.97 Å². The van der Waals surface area contributed by atoms with Gasteiger partial charge in [-0.05, 0) is 49.1 Å². The van der Waals surface area contributed by atoms with Gasteiger partial charge < -0.3 is 19.7 Å². The Kier molecular flexibility index (Phi) is 7.93. The molecular formula is C32H31ClF2N4O5. The highest BCUT2D eigenvalue weighted by atomic mass is 35.5. The lowest BCUT2D eigenvalue weighted by Crippen LogP contribution is -2.52. The highest BCUT2D eigenvalue weighted by Gasteiger charge is 2.58. The first-order valence-electron chi connectivity index (χ1n) is 14.5. The van der Waals surface area contributed by atoms with Crippen molar-refractivity contribution in [2.75, 3.05) is 13.2 Å². The standard InChI is InChI=1S/C32H31ClF2N4O5/c1-2-31(42,30(35)7-9-43-10-8-30)21-11-25-28(26(34)12-21)32(44-24-13-23(40)14-24,20-3-5-22(33)6-4-20)39(29(25)41)18-27-37-16-19(15-36)17-38-27/h3-6,11-12,16-17,23-24,40,42H,2,7-10,13-14,18H2,1H3/t23-,24+,31-,32+/m0/s1. The zero-order chi connectivity index (χ0) is 31.3. The molecule has 2 N–H and O–H groups in total. The molecule has 44 heavy (non-hydrogen) atoms. The molecule has 1 amide bonds. The third-order valence-electron chi connectivity index (χ3n) is 9.08. The molecule has 6 rings (SSSR count). The summed E-state index contributed by atoms with van der Waals surface area (Å²) in [6, 6.07) is 10.8. The van der Waals surface area contributed by atoms with Crippen molar-refractivity contribution in [2.45, 2.75) is 74.8 Å². The molecule has 2 fully saturated rings. The van der Waals surface area contributed by atoms with Crippen molar-refractivity contribution in [1.82, 2.24) is 14.9 Å². The van der Waals surface area contributed by atoms with Gasteiger partial charge in [0.25, 0.3) is 5.91 Å². The Labute approximate surface area is 258 Å². The highest BCUT2D eigenvalue weighted by Crippen LogP contribution is 2.52. The number of ether oxygens (including phenoxy) is 2. The lowest BCUT2D eigenvalue weighted by molar-refractivity contribution is -0.191. The minimum absolute atomic E-state index is 0.0606. The van der Waals surface area contributed by atoms with Crippen LogP contribution in [-0.2, 0) is 27.3 Å². The van der Waals surface area contributed by atoms with Gasteiger partial charge >= 0.3 is 0 Å². The predicted octanol–water partition coefficient (Wildman–Crippen LogP) is 4.65. The second kappa shape index (κ2) is 11.4. The van der Waals surface area contributed by atoms with Gasteiger partial charge in [-0.1, -0.05) is 30.7 Å². The van der Waals surface area contributed by atoms with Crippen LogP contribution in [0.3, 0.4) is 0 Å². The van der Waals surface area contributed by atoms with Gasteiger partial charge in [0.2, 0.25) is 5.72 Å². The molecule has 9 nitrogen and oxygen atoms in total. The molecule has 230 valence electrons. The minimum Gasteiger partial charge on any atom is -0.393 e. The third-order valence-corrected chi connectivity index (χ3v) is 9.33. The summed E-state index contributed by atoms with van der Waals surface area (Å²) in [4.78, 5) is 24.2. The molecular weight excluding hydrogens is 594 g/mol. The number of hydrogen-bond acceptors (Lipinski definition) is 8. The van der Waals surface area contributed by atoms with E-state index in [9.17, 15) is 20.3 Å². The topological polar surface area (TPSA) is 129 Å². The molecule has 2 aromatic carbocycles. The number of carbonyl (C=O) groups is 1. The van der Waals surface area contributed by atoms with Crippen LogP contribution in [0.25, 0.3) is 0 Å². The maximum absolute atomic E-state index is 16.7. The summed E-state index contributed by atoms with van der Waals surface area (Å²) in [6.45, 7) is 1.57. The van der Waals surface area contributed by atoms with E-state index in [-0.39, 0.29) is 79.9 Å². The van der Waals surface area contributed by atoms with Gasteiger partial charge in [0.1, 0.15) is 29.0 Å². The van der Waals surface area contributed by atoms with Crippen LogP contribution in [0.15, 0.2) is 48.8 Å². The number of rotatable bonds is 8. The maximum atomic E-state index is 16.7. The fourth-order valence-corrected chi connectivity index (χ4v) is 6.66. The quantitative estimate of drug-likeness (QED) is 0.371. The number of amides is 1. The molecule has 3 aromatic rings. The molecule has 3 aliphatic rings. The fraction of sp³-hybridized carbons (Fsp3) is 0.438. The average molecular weight is 625 g/mol. The first kappa shape index (κ1) is 30.5. The number of aliphatic hydroxyl groups excluding tert-OH is 1.